The van der Waals surface area contributed by atoms with Crippen LogP contribution in [0.25, 0.3) is 0 Å². The number of carbonyl (C=O) groups excluding carboxylic acids is 1. The van der Waals surface area contributed by atoms with Gasteiger partial charge in [-0.1, -0.05) is 6.07 Å². The summed E-state index contributed by atoms with van der Waals surface area (Å²) in [5, 5.41) is 0. The second-order valence-electron chi connectivity index (χ2n) is 5.58. The summed E-state index contributed by atoms with van der Waals surface area (Å²) in [6.45, 7) is 10.9. The zero-order valence-electron chi connectivity index (χ0n) is 12.0. The molecule has 1 fully saturated rings. The van der Waals surface area contributed by atoms with E-state index in [-0.39, 0.29) is 17.8 Å². The SMILES string of the molecule is Cc1cc(C)c(C)c(C(=O)C2COC(C)C2)c1C. The molecule has 98 valence electrons. The average molecular weight is 246 g/mol. The lowest BCUT2D eigenvalue weighted by atomic mass is 9.86. The van der Waals surface area contributed by atoms with E-state index in [2.05, 4.69) is 19.9 Å². The first-order chi connectivity index (χ1) is 8.41. The van der Waals surface area contributed by atoms with Gasteiger partial charge in [0.1, 0.15) is 0 Å². The Morgan fingerprint density at radius 2 is 1.72 bits per heavy atom. The van der Waals surface area contributed by atoms with Crippen LogP contribution in [0.15, 0.2) is 6.07 Å². The van der Waals surface area contributed by atoms with E-state index in [1.54, 1.807) is 0 Å². The topological polar surface area (TPSA) is 26.3 Å². The Balaban J connectivity index is 2.41. The highest BCUT2D eigenvalue weighted by Crippen LogP contribution is 2.28. The van der Waals surface area contributed by atoms with Crippen LogP contribution in [0.1, 0.15) is 46.0 Å². The van der Waals surface area contributed by atoms with Gasteiger partial charge in [0.2, 0.25) is 0 Å². The van der Waals surface area contributed by atoms with E-state index >= 15 is 0 Å². The van der Waals surface area contributed by atoms with Crippen LogP contribution in [0.2, 0.25) is 0 Å². The van der Waals surface area contributed by atoms with Gasteiger partial charge < -0.3 is 4.74 Å². The van der Waals surface area contributed by atoms with Crippen LogP contribution in [-0.2, 0) is 4.74 Å². The molecular weight excluding hydrogens is 224 g/mol. The van der Waals surface area contributed by atoms with Crippen LogP contribution in [0.3, 0.4) is 0 Å². The first kappa shape index (κ1) is 13.3. The van der Waals surface area contributed by atoms with Crippen molar-refractivity contribution < 1.29 is 9.53 Å². The standard InChI is InChI=1S/C16H22O2/c1-9-6-10(2)13(5)15(12(9)4)16(17)14-7-11(3)18-8-14/h6,11,14H,7-8H2,1-5H3. The molecule has 2 nitrogen and oxygen atoms in total. The number of hydrogen-bond acceptors (Lipinski definition) is 2. The van der Waals surface area contributed by atoms with Crippen molar-refractivity contribution in [3.05, 3.63) is 33.9 Å². The predicted molar refractivity (Wildman–Crippen MR) is 73.2 cm³/mol. The molecule has 1 saturated heterocycles. The third kappa shape index (κ3) is 2.22. The molecule has 1 aromatic carbocycles. The highest BCUT2D eigenvalue weighted by molar-refractivity contribution is 6.01. The highest BCUT2D eigenvalue weighted by Gasteiger charge is 2.31. The molecule has 1 aliphatic rings. The number of ether oxygens (including phenoxy) is 1. The van der Waals surface area contributed by atoms with Gasteiger partial charge in [0.25, 0.3) is 0 Å². The second-order valence-corrected chi connectivity index (χ2v) is 5.58. The van der Waals surface area contributed by atoms with Crippen LogP contribution >= 0.6 is 0 Å². The lowest BCUT2D eigenvalue weighted by Gasteiger charge is -2.16. The Morgan fingerprint density at radius 3 is 2.17 bits per heavy atom. The van der Waals surface area contributed by atoms with Gasteiger partial charge in [0.05, 0.1) is 12.7 Å². The number of aryl methyl sites for hydroxylation is 2. The van der Waals surface area contributed by atoms with Crippen LogP contribution in [0.5, 0.6) is 0 Å². The van der Waals surface area contributed by atoms with E-state index in [4.69, 9.17) is 4.74 Å². The van der Waals surface area contributed by atoms with Gasteiger partial charge in [-0.2, -0.15) is 0 Å². The zero-order valence-corrected chi connectivity index (χ0v) is 12.0. The monoisotopic (exact) mass is 246 g/mol. The number of benzene rings is 1. The first-order valence-electron chi connectivity index (χ1n) is 6.65. The molecule has 2 atom stereocenters. The molecule has 2 rings (SSSR count). The lowest BCUT2D eigenvalue weighted by molar-refractivity contribution is 0.0876. The third-order valence-corrected chi connectivity index (χ3v) is 4.18. The van der Waals surface area contributed by atoms with Crippen molar-refractivity contribution in [1.82, 2.24) is 0 Å². The van der Waals surface area contributed by atoms with Gasteiger partial charge >= 0.3 is 0 Å². The van der Waals surface area contributed by atoms with E-state index in [0.29, 0.717) is 6.61 Å². The van der Waals surface area contributed by atoms with E-state index in [9.17, 15) is 4.79 Å². The second kappa shape index (κ2) is 4.85. The number of rotatable bonds is 2. The molecule has 1 heterocycles. The van der Waals surface area contributed by atoms with Gasteiger partial charge in [-0.3, -0.25) is 4.79 Å². The minimum absolute atomic E-state index is 0.0404. The fourth-order valence-electron chi connectivity index (χ4n) is 2.79. The van der Waals surface area contributed by atoms with Crippen molar-refractivity contribution in [3.8, 4) is 0 Å². The Morgan fingerprint density at radius 1 is 1.17 bits per heavy atom. The van der Waals surface area contributed by atoms with Crippen molar-refractivity contribution in [2.24, 2.45) is 5.92 Å². The summed E-state index contributed by atoms with van der Waals surface area (Å²) in [6.07, 6.45) is 1.07. The van der Waals surface area contributed by atoms with Crippen molar-refractivity contribution in [2.75, 3.05) is 6.61 Å². The quantitative estimate of drug-likeness (QED) is 0.746. The summed E-state index contributed by atoms with van der Waals surface area (Å²) in [6, 6.07) is 2.16. The average Bonchev–Trinajstić information content (AvgIpc) is 2.73. The molecule has 2 heteroatoms. The van der Waals surface area contributed by atoms with E-state index in [0.717, 1.165) is 23.1 Å². The molecular formula is C16H22O2. The van der Waals surface area contributed by atoms with Gasteiger partial charge in [-0.05, 0) is 63.3 Å². The summed E-state index contributed by atoms with van der Waals surface area (Å²) >= 11 is 0. The molecule has 0 saturated carbocycles. The summed E-state index contributed by atoms with van der Waals surface area (Å²) < 4.78 is 5.53. The van der Waals surface area contributed by atoms with Gasteiger partial charge in [0.15, 0.2) is 5.78 Å². The van der Waals surface area contributed by atoms with Crippen molar-refractivity contribution in [1.29, 1.82) is 0 Å². The van der Waals surface area contributed by atoms with Crippen molar-refractivity contribution >= 4 is 5.78 Å². The molecule has 0 aromatic heterocycles. The van der Waals surface area contributed by atoms with E-state index in [1.807, 2.05) is 20.8 Å². The first-order valence-corrected chi connectivity index (χ1v) is 6.65. The minimum Gasteiger partial charge on any atom is -0.378 e. The molecule has 1 aromatic rings. The van der Waals surface area contributed by atoms with Gasteiger partial charge in [-0.25, -0.2) is 0 Å². The molecule has 2 unspecified atom stereocenters. The summed E-state index contributed by atoms with van der Waals surface area (Å²) in [4.78, 5) is 12.7. The molecule has 0 amide bonds. The maximum absolute atomic E-state index is 12.7. The molecule has 0 bridgehead atoms. The highest BCUT2D eigenvalue weighted by atomic mass is 16.5. The molecule has 0 aliphatic carbocycles. The molecule has 0 radical (unpaired) electrons. The van der Waals surface area contributed by atoms with Crippen molar-refractivity contribution in [3.63, 3.8) is 0 Å². The van der Waals surface area contributed by atoms with Crippen LogP contribution in [-0.4, -0.2) is 18.5 Å². The Hall–Kier alpha value is -1.15. The molecule has 1 aliphatic heterocycles. The number of hydrogen-bond donors (Lipinski definition) is 0. The van der Waals surface area contributed by atoms with Gasteiger partial charge in [-0.15, -0.1) is 0 Å². The molecule has 18 heavy (non-hydrogen) atoms. The minimum atomic E-state index is 0.0404. The van der Waals surface area contributed by atoms with E-state index < -0.39 is 0 Å². The zero-order chi connectivity index (χ0) is 13.4. The Bertz CT molecular complexity index is 462. The summed E-state index contributed by atoms with van der Waals surface area (Å²) in [5.74, 6) is 0.305. The Kier molecular flexibility index (Phi) is 3.58. The number of ketones is 1. The maximum atomic E-state index is 12.7. The maximum Gasteiger partial charge on any atom is 0.168 e. The fourth-order valence-corrected chi connectivity index (χ4v) is 2.79. The fraction of sp³-hybridized carbons (Fsp3) is 0.562. The van der Waals surface area contributed by atoms with Crippen LogP contribution in [0, 0.1) is 33.6 Å². The van der Waals surface area contributed by atoms with E-state index in [1.165, 1.54) is 11.1 Å². The van der Waals surface area contributed by atoms with Crippen molar-refractivity contribution in [2.45, 2.75) is 47.1 Å². The largest absolute Gasteiger partial charge is 0.378 e. The summed E-state index contributed by atoms with van der Waals surface area (Å²) in [7, 11) is 0. The molecule has 0 N–H and O–H groups in total. The smallest absolute Gasteiger partial charge is 0.168 e. The van der Waals surface area contributed by atoms with Crippen LogP contribution < -0.4 is 0 Å². The predicted octanol–water partition coefficient (Wildman–Crippen LogP) is 3.53. The molecule has 0 spiro atoms. The van der Waals surface area contributed by atoms with Gasteiger partial charge in [0, 0.05) is 11.5 Å². The summed E-state index contributed by atoms with van der Waals surface area (Å²) in [5.41, 5.74) is 5.59. The van der Waals surface area contributed by atoms with Crippen LogP contribution in [0.4, 0.5) is 0 Å². The normalized spacial score (nSPS) is 23.4. The lowest BCUT2D eigenvalue weighted by Crippen LogP contribution is -2.18. The number of carbonyl (C=O) groups is 1. The third-order valence-electron chi connectivity index (χ3n) is 4.18. The Labute approximate surface area is 109 Å². The number of Topliss-reactive ketones (excluding diaryl/α,β-unsaturated/α-hetero) is 1.